The molecule has 52 valence electrons. The van der Waals surface area contributed by atoms with E-state index >= 15 is 0 Å². The van der Waals surface area contributed by atoms with Crippen LogP contribution in [0.4, 0.5) is 0 Å². The lowest BCUT2D eigenvalue weighted by Crippen LogP contribution is -1.93. The summed E-state index contributed by atoms with van der Waals surface area (Å²) in [6, 6.07) is 0. The summed E-state index contributed by atoms with van der Waals surface area (Å²) in [4.78, 5) is 0. The zero-order chi connectivity index (χ0) is 6.83. The molecule has 0 radical (unpaired) electrons. The molecular formula is C3H14O3Si2. The Bertz CT molecular complexity index is 26.5. The van der Waals surface area contributed by atoms with Crippen molar-refractivity contribution >= 4 is 20.5 Å². The summed E-state index contributed by atoms with van der Waals surface area (Å²) in [5.74, 6) is 0. The molecule has 0 saturated heterocycles. The van der Waals surface area contributed by atoms with Crippen molar-refractivity contribution in [2.24, 2.45) is 0 Å². The van der Waals surface area contributed by atoms with E-state index in [2.05, 4.69) is 13.3 Å². The fourth-order valence-corrected chi connectivity index (χ4v) is 0.354. The van der Waals surface area contributed by atoms with Crippen LogP contribution in [0.3, 0.4) is 0 Å². The number of hydrogen-bond donors (Lipinski definition) is 0. The third-order valence-corrected chi connectivity index (χ3v) is 0.707. The standard InChI is InChI=1S/C2H8O2Si.CH6OSi/c1-3-5-4-2;1-2-3/h5H2,1-2H3;1,3H3. The molecule has 0 aromatic carbocycles. The molecule has 0 heterocycles. The molecule has 0 spiro atoms. The van der Waals surface area contributed by atoms with Gasteiger partial charge in [0.25, 0.3) is 0 Å². The molecular weight excluding hydrogens is 140 g/mol. The van der Waals surface area contributed by atoms with Gasteiger partial charge in [-0.05, 0) is 0 Å². The van der Waals surface area contributed by atoms with Crippen LogP contribution in [0.15, 0.2) is 0 Å². The zero-order valence-corrected chi connectivity index (χ0v) is 9.35. The minimum atomic E-state index is -0.568. The summed E-state index contributed by atoms with van der Waals surface area (Å²) < 4.78 is 13.6. The normalized spacial score (nSPS) is 7.88. The average Bonchev–Trinajstić information content (AvgIpc) is 1.71. The molecule has 0 unspecified atom stereocenters. The monoisotopic (exact) mass is 154 g/mol. The van der Waals surface area contributed by atoms with E-state index in [1.165, 1.54) is 0 Å². The molecule has 0 amide bonds. The van der Waals surface area contributed by atoms with Crippen molar-refractivity contribution in [1.29, 1.82) is 0 Å². The van der Waals surface area contributed by atoms with Gasteiger partial charge in [0.2, 0.25) is 0 Å². The summed E-state index contributed by atoms with van der Waals surface area (Å²) in [5, 5.41) is 0. The summed E-state index contributed by atoms with van der Waals surface area (Å²) in [7, 11) is 5.28. The van der Waals surface area contributed by atoms with Gasteiger partial charge in [0.15, 0.2) is 0 Å². The molecule has 0 aromatic heterocycles. The Hall–Kier alpha value is 0.314. The van der Waals surface area contributed by atoms with Crippen LogP contribution in [0, 0.1) is 0 Å². The highest BCUT2D eigenvalue weighted by atomic mass is 28.3. The van der Waals surface area contributed by atoms with Gasteiger partial charge in [-0.25, -0.2) is 0 Å². The van der Waals surface area contributed by atoms with E-state index in [9.17, 15) is 0 Å². The molecule has 5 heteroatoms. The highest BCUT2D eigenvalue weighted by Crippen LogP contribution is 1.55. The smallest absolute Gasteiger partial charge is 0.303 e. The lowest BCUT2D eigenvalue weighted by Gasteiger charge is -1.86. The van der Waals surface area contributed by atoms with Crippen LogP contribution in [0.25, 0.3) is 0 Å². The minimum Gasteiger partial charge on any atom is -0.431 e. The minimum absolute atomic E-state index is 0.568. The van der Waals surface area contributed by atoms with Gasteiger partial charge in [0.05, 0.1) is 0 Å². The molecule has 0 aromatic rings. The second-order valence-electron chi connectivity index (χ2n) is 1.10. The van der Waals surface area contributed by atoms with Crippen LogP contribution >= 0.6 is 0 Å². The van der Waals surface area contributed by atoms with Crippen molar-refractivity contribution in [1.82, 2.24) is 0 Å². The third-order valence-electron chi connectivity index (χ3n) is 0.236. The van der Waals surface area contributed by atoms with Crippen molar-refractivity contribution in [3.63, 3.8) is 0 Å². The van der Waals surface area contributed by atoms with Gasteiger partial charge in [-0.2, -0.15) is 0 Å². The average molecular weight is 154 g/mol. The van der Waals surface area contributed by atoms with Crippen LogP contribution in [0.5, 0.6) is 0 Å². The second kappa shape index (κ2) is 15.7. The maximum absolute atomic E-state index is 4.61. The fraction of sp³-hybridized carbons (Fsp3) is 1.00. The number of hydrogen-bond acceptors (Lipinski definition) is 3. The van der Waals surface area contributed by atoms with Gasteiger partial charge in [-0.1, -0.05) is 0 Å². The Kier molecular flexibility index (Phi) is 21.8. The van der Waals surface area contributed by atoms with Crippen molar-refractivity contribution < 1.29 is 13.3 Å². The molecule has 0 atom stereocenters. The Balaban J connectivity index is 0. The van der Waals surface area contributed by atoms with Gasteiger partial charge in [0, 0.05) is 21.3 Å². The van der Waals surface area contributed by atoms with Crippen LogP contribution < -0.4 is 0 Å². The Morgan fingerprint density at radius 2 is 1.38 bits per heavy atom. The van der Waals surface area contributed by atoms with E-state index in [0.29, 0.717) is 0 Å². The highest BCUT2D eigenvalue weighted by Gasteiger charge is 1.67. The Morgan fingerprint density at radius 3 is 1.38 bits per heavy atom. The van der Waals surface area contributed by atoms with Crippen LogP contribution in [0.2, 0.25) is 0 Å². The summed E-state index contributed by atoms with van der Waals surface area (Å²) >= 11 is 0. The predicted octanol–water partition coefficient (Wildman–Crippen LogP) is -1.81. The molecule has 0 aliphatic heterocycles. The first kappa shape index (κ1) is 11.2. The first-order valence-electron chi connectivity index (χ1n) is 2.21. The first-order valence-corrected chi connectivity index (χ1v) is 4.18. The van der Waals surface area contributed by atoms with E-state index in [1.807, 2.05) is 0 Å². The van der Waals surface area contributed by atoms with E-state index in [-0.39, 0.29) is 0 Å². The van der Waals surface area contributed by atoms with Gasteiger partial charge >= 0.3 is 10.0 Å². The van der Waals surface area contributed by atoms with Crippen LogP contribution in [-0.2, 0) is 13.3 Å². The topological polar surface area (TPSA) is 27.7 Å². The van der Waals surface area contributed by atoms with E-state index in [1.54, 1.807) is 21.3 Å². The van der Waals surface area contributed by atoms with E-state index in [4.69, 9.17) is 0 Å². The first-order chi connectivity index (χ1) is 3.83. The molecule has 0 aliphatic carbocycles. The SMILES string of the molecule is CO[SiH2]OC.CO[SiH3]. The largest absolute Gasteiger partial charge is 0.431 e. The molecule has 0 fully saturated rings. The van der Waals surface area contributed by atoms with Gasteiger partial charge in [-0.15, -0.1) is 0 Å². The maximum Gasteiger partial charge on any atom is 0.303 e. The molecule has 0 rings (SSSR count). The number of rotatable bonds is 2. The zero-order valence-electron chi connectivity index (χ0n) is 5.93. The molecule has 3 nitrogen and oxygen atoms in total. The van der Waals surface area contributed by atoms with Gasteiger partial charge in [-0.3, -0.25) is 0 Å². The predicted molar refractivity (Wildman–Crippen MR) is 39.5 cm³/mol. The molecule has 8 heavy (non-hydrogen) atoms. The third kappa shape index (κ3) is 33.3. The fourth-order valence-electron chi connectivity index (χ4n) is 0.118. The quantitative estimate of drug-likeness (QED) is 0.439. The molecule has 0 aliphatic rings. The van der Waals surface area contributed by atoms with Crippen molar-refractivity contribution in [3.8, 4) is 0 Å². The van der Waals surface area contributed by atoms with Crippen molar-refractivity contribution in [3.05, 3.63) is 0 Å². The lowest BCUT2D eigenvalue weighted by atomic mass is 11.8. The van der Waals surface area contributed by atoms with E-state index in [0.717, 1.165) is 10.5 Å². The summed E-state index contributed by atoms with van der Waals surface area (Å²) in [6.45, 7) is 0. The molecule has 0 N–H and O–H groups in total. The molecule has 0 saturated carbocycles. The van der Waals surface area contributed by atoms with Crippen LogP contribution in [0.1, 0.15) is 0 Å². The van der Waals surface area contributed by atoms with Crippen LogP contribution in [-0.4, -0.2) is 41.8 Å². The Labute approximate surface area is 55.9 Å². The van der Waals surface area contributed by atoms with E-state index < -0.39 is 10.0 Å². The second-order valence-corrected chi connectivity index (χ2v) is 3.31. The maximum atomic E-state index is 4.61. The Morgan fingerprint density at radius 1 is 1.12 bits per heavy atom. The van der Waals surface area contributed by atoms with Gasteiger partial charge < -0.3 is 13.3 Å². The lowest BCUT2D eigenvalue weighted by molar-refractivity contribution is 0.309. The van der Waals surface area contributed by atoms with Crippen molar-refractivity contribution in [2.45, 2.75) is 0 Å². The van der Waals surface area contributed by atoms with Crippen molar-refractivity contribution in [2.75, 3.05) is 21.3 Å². The summed E-state index contributed by atoms with van der Waals surface area (Å²) in [6.07, 6.45) is 0. The van der Waals surface area contributed by atoms with Gasteiger partial charge in [0.1, 0.15) is 10.5 Å². The molecule has 0 bridgehead atoms. The highest BCUT2D eigenvalue weighted by molar-refractivity contribution is 6.17. The summed E-state index contributed by atoms with van der Waals surface area (Å²) in [5.41, 5.74) is 0.